The fraction of sp³-hybridized carbons (Fsp3) is 0.105. The summed E-state index contributed by atoms with van der Waals surface area (Å²) in [6.07, 6.45) is 1.22. The number of esters is 1. The molecule has 0 unspecified atom stereocenters. The summed E-state index contributed by atoms with van der Waals surface area (Å²) in [4.78, 5) is 28.8. The lowest BCUT2D eigenvalue weighted by molar-refractivity contribution is -0.145. The number of fused-ring (bicyclic) bond motifs is 1. The van der Waals surface area contributed by atoms with Gasteiger partial charge in [-0.25, -0.2) is 9.37 Å². The molecule has 0 radical (unpaired) electrons. The Morgan fingerprint density at radius 3 is 2.71 bits per heavy atom. The lowest BCUT2D eigenvalue weighted by atomic mass is 10.2. The summed E-state index contributed by atoms with van der Waals surface area (Å²) in [5.74, 6) is -1.03. The summed E-state index contributed by atoms with van der Waals surface area (Å²) in [6, 6.07) is 14.9. The summed E-state index contributed by atoms with van der Waals surface area (Å²) < 4.78 is 21.0. The van der Waals surface area contributed by atoms with Gasteiger partial charge < -0.3 is 4.74 Å². The van der Waals surface area contributed by atoms with E-state index in [0.717, 1.165) is 10.1 Å². The molecule has 0 bridgehead atoms. The average Bonchev–Trinajstić information content (AvgIpc) is 3.14. The molecule has 9 heteroatoms. The van der Waals surface area contributed by atoms with E-state index >= 15 is 0 Å². The number of rotatable bonds is 5. The molecule has 0 aliphatic rings. The normalized spacial score (nSPS) is 10.9. The van der Waals surface area contributed by atoms with E-state index in [2.05, 4.69) is 15.3 Å². The van der Waals surface area contributed by atoms with E-state index in [-0.39, 0.29) is 24.3 Å². The average molecular weight is 379 g/mol. The number of halogens is 1. The molecule has 0 saturated carbocycles. The van der Waals surface area contributed by atoms with Crippen molar-refractivity contribution in [2.45, 2.75) is 13.2 Å². The monoisotopic (exact) mass is 379 g/mol. The minimum absolute atomic E-state index is 0.0254. The van der Waals surface area contributed by atoms with Crippen LogP contribution >= 0.6 is 0 Å². The first-order chi connectivity index (χ1) is 13.6. The highest BCUT2D eigenvalue weighted by molar-refractivity contribution is 5.72. The summed E-state index contributed by atoms with van der Waals surface area (Å²) in [5.41, 5.74) is 0.834. The predicted molar refractivity (Wildman–Crippen MR) is 97.1 cm³/mol. The Balaban J connectivity index is 1.55. The minimum atomic E-state index is -0.579. The molecular formula is C19H14FN5O3. The smallest absolute Gasteiger partial charge is 0.326 e. The van der Waals surface area contributed by atoms with E-state index in [1.165, 1.54) is 29.2 Å². The lowest BCUT2D eigenvalue weighted by Crippen LogP contribution is -2.26. The van der Waals surface area contributed by atoms with Crippen molar-refractivity contribution < 1.29 is 13.9 Å². The van der Waals surface area contributed by atoms with Crippen molar-refractivity contribution in [3.8, 4) is 5.69 Å². The second-order valence-electron chi connectivity index (χ2n) is 5.98. The molecule has 0 fully saturated rings. The summed E-state index contributed by atoms with van der Waals surface area (Å²) in [6.45, 7) is -0.193. The molecule has 28 heavy (non-hydrogen) atoms. The number of aromatic nitrogens is 5. The van der Waals surface area contributed by atoms with Crippen LogP contribution in [-0.2, 0) is 22.7 Å². The van der Waals surface area contributed by atoms with Gasteiger partial charge >= 0.3 is 5.97 Å². The first-order valence-corrected chi connectivity index (χ1v) is 8.38. The lowest BCUT2D eigenvalue weighted by Gasteiger charge is -2.07. The molecule has 0 spiro atoms. The van der Waals surface area contributed by atoms with E-state index in [0.29, 0.717) is 5.69 Å². The molecule has 2 heterocycles. The van der Waals surface area contributed by atoms with E-state index in [1.807, 2.05) is 30.3 Å². The van der Waals surface area contributed by atoms with Gasteiger partial charge in [0.15, 0.2) is 11.2 Å². The molecule has 4 rings (SSSR count). The number of carbonyl (C=O) groups is 1. The van der Waals surface area contributed by atoms with Gasteiger partial charge in [-0.1, -0.05) is 41.6 Å². The van der Waals surface area contributed by atoms with Crippen molar-refractivity contribution in [3.63, 3.8) is 0 Å². The summed E-state index contributed by atoms with van der Waals surface area (Å²) in [5, 5.41) is 7.70. The van der Waals surface area contributed by atoms with E-state index in [9.17, 15) is 14.0 Å². The van der Waals surface area contributed by atoms with Gasteiger partial charge in [-0.2, -0.15) is 4.68 Å². The number of hydrogen-bond donors (Lipinski definition) is 0. The molecule has 2 aromatic carbocycles. The quantitative estimate of drug-likeness (QED) is 0.492. The van der Waals surface area contributed by atoms with Gasteiger partial charge in [0.1, 0.15) is 25.3 Å². The highest BCUT2D eigenvalue weighted by atomic mass is 19.1. The van der Waals surface area contributed by atoms with Crippen LogP contribution < -0.4 is 5.56 Å². The molecule has 0 aliphatic heterocycles. The van der Waals surface area contributed by atoms with Gasteiger partial charge in [-0.15, -0.1) is 5.10 Å². The van der Waals surface area contributed by atoms with Crippen LogP contribution in [0.4, 0.5) is 4.39 Å². The highest BCUT2D eigenvalue weighted by Gasteiger charge is 2.15. The maximum Gasteiger partial charge on any atom is 0.326 e. The summed E-state index contributed by atoms with van der Waals surface area (Å²) in [7, 11) is 0. The van der Waals surface area contributed by atoms with Gasteiger partial charge in [-0.05, 0) is 23.8 Å². The molecule has 8 nitrogen and oxygen atoms in total. The van der Waals surface area contributed by atoms with Crippen LogP contribution in [0, 0.1) is 5.82 Å². The standard InChI is InChI=1S/C19H14FN5O3/c20-14-7-4-8-15(9-14)25-18-17(22-23-25)19(27)24(12-21-18)10-16(26)28-11-13-5-2-1-3-6-13/h1-9,12H,10-11H2. The van der Waals surface area contributed by atoms with Gasteiger partial charge in [0.2, 0.25) is 0 Å². The molecule has 140 valence electrons. The molecule has 0 amide bonds. The Kier molecular flexibility index (Phi) is 4.63. The van der Waals surface area contributed by atoms with Crippen LogP contribution in [0.3, 0.4) is 0 Å². The first kappa shape index (κ1) is 17.5. The fourth-order valence-corrected chi connectivity index (χ4v) is 2.66. The number of ether oxygens (including phenoxy) is 1. The van der Waals surface area contributed by atoms with Crippen LogP contribution in [0.1, 0.15) is 5.56 Å². The van der Waals surface area contributed by atoms with Crippen LogP contribution in [0.15, 0.2) is 65.7 Å². The van der Waals surface area contributed by atoms with Crippen molar-refractivity contribution in [2.75, 3.05) is 0 Å². The molecule has 0 saturated heterocycles. The second-order valence-corrected chi connectivity index (χ2v) is 5.98. The Hall–Kier alpha value is -3.88. The van der Waals surface area contributed by atoms with Crippen molar-refractivity contribution >= 4 is 17.1 Å². The van der Waals surface area contributed by atoms with Gasteiger partial charge in [-0.3, -0.25) is 14.2 Å². The van der Waals surface area contributed by atoms with Crippen molar-refractivity contribution in [3.05, 3.63) is 82.7 Å². The summed E-state index contributed by atoms with van der Waals surface area (Å²) >= 11 is 0. The number of nitrogens with zero attached hydrogens (tertiary/aromatic N) is 5. The Morgan fingerprint density at radius 2 is 1.93 bits per heavy atom. The zero-order valence-electron chi connectivity index (χ0n) is 14.5. The third kappa shape index (κ3) is 3.50. The molecular weight excluding hydrogens is 365 g/mol. The number of hydrogen-bond acceptors (Lipinski definition) is 6. The third-order valence-corrected chi connectivity index (χ3v) is 4.02. The van der Waals surface area contributed by atoms with Crippen LogP contribution in [0.25, 0.3) is 16.9 Å². The molecule has 0 atom stereocenters. The Bertz CT molecular complexity index is 1200. The largest absolute Gasteiger partial charge is 0.459 e. The Morgan fingerprint density at radius 1 is 1.11 bits per heavy atom. The Labute approximate surface area is 157 Å². The zero-order valence-corrected chi connectivity index (χ0v) is 14.5. The third-order valence-electron chi connectivity index (χ3n) is 4.02. The first-order valence-electron chi connectivity index (χ1n) is 8.38. The van der Waals surface area contributed by atoms with Gasteiger partial charge in [0, 0.05) is 0 Å². The topological polar surface area (TPSA) is 91.9 Å². The van der Waals surface area contributed by atoms with Gasteiger partial charge in [0.25, 0.3) is 5.56 Å². The van der Waals surface area contributed by atoms with Crippen LogP contribution in [0.2, 0.25) is 0 Å². The molecule has 0 N–H and O–H groups in total. The SMILES string of the molecule is O=C(Cn1cnc2c(nnn2-c2cccc(F)c2)c1=O)OCc1ccccc1. The second kappa shape index (κ2) is 7.39. The van der Waals surface area contributed by atoms with E-state index in [1.54, 1.807) is 6.07 Å². The number of carbonyl (C=O) groups excluding carboxylic acids is 1. The zero-order chi connectivity index (χ0) is 19.5. The highest BCUT2D eigenvalue weighted by Crippen LogP contribution is 2.13. The number of benzene rings is 2. The van der Waals surface area contributed by atoms with Crippen LogP contribution in [-0.4, -0.2) is 30.5 Å². The molecule has 4 aromatic rings. The van der Waals surface area contributed by atoms with Crippen molar-refractivity contribution in [1.82, 2.24) is 24.5 Å². The molecule has 0 aliphatic carbocycles. The van der Waals surface area contributed by atoms with Crippen molar-refractivity contribution in [2.24, 2.45) is 0 Å². The maximum atomic E-state index is 13.4. The van der Waals surface area contributed by atoms with Crippen molar-refractivity contribution in [1.29, 1.82) is 0 Å². The van der Waals surface area contributed by atoms with E-state index in [4.69, 9.17) is 4.74 Å². The van der Waals surface area contributed by atoms with E-state index < -0.39 is 17.3 Å². The fourth-order valence-electron chi connectivity index (χ4n) is 2.66. The van der Waals surface area contributed by atoms with Crippen LogP contribution in [0.5, 0.6) is 0 Å². The predicted octanol–water partition coefficient (Wildman–Crippen LogP) is 1.86. The minimum Gasteiger partial charge on any atom is -0.459 e. The molecule has 2 aromatic heterocycles. The maximum absolute atomic E-state index is 13.4. The van der Waals surface area contributed by atoms with Gasteiger partial charge in [0.05, 0.1) is 5.69 Å².